The molecule has 0 saturated carbocycles. The maximum atomic E-state index is 12.4. The lowest BCUT2D eigenvalue weighted by Crippen LogP contribution is -2.18. The Kier molecular flexibility index (Phi) is 5.02. The van der Waals surface area contributed by atoms with Gasteiger partial charge in [0.25, 0.3) is 5.56 Å². The van der Waals surface area contributed by atoms with Gasteiger partial charge in [-0.15, -0.1) is 0 Å². The van der Waals surface area contributed by atoms with E-state index in [1.54, 1.807) is 37.8 Å². The summed E-state index contributed by atoms with van der Waals surface area (Å²) < 4.78 is 8.38. The minimum Gasteiger partial charge on any atom is -0.461 e. The number of esters is 1. The van der Waals surface area contributed by atoms with Crippen molar-refractivity contribution in [3.8, 4) is 11.1 Å². The lowest BCUT2D eigenvalue weighted by Gasteiger charge is -2.06. The smallest absolute Gasteiger partial charge is 0.359 e. The zero-order valence-corrected chi connectivity index (χ0v) is 15.1. The van der Waals surface area contributed by atoms with Crippen LogP contribution in [0.4, 0.5) is 0 Å². The molecule has 0 aliphatic heterocycles. The average molecular weight is 351 g/mol. The molecule has 0 unspecified atom stereocenters. The number of aromatic nitrogens is 3. The van der Waals surface area contributed by atoms with Gasteiger partial charge in [0, 0.05) is 36.1 Å². The summed E-state index contributed by atoms with van der Waals surface area (Å²) >= 11 is 0. The van der Waals surface area contributed by atoms with Crippen LogP contribution in [0.2, 0.25) is 0 Å². The summed E-state index contributed by atoms with van der Waals surface area (Å²) in [6, 6.07) is 11.7. The zero-order valence-electron chi connectivity index (χ0n) is 15.1. The molecule has 26 heavy (non-hydrogen) atoms. The molecule has 1 aromatic carbocycles. The fourth-order valence-corrected chi connectivity index (χ4v) is 2.86. The standard InChI is InChI=1S/C20H21N3O3/c1-4-26-20(25)18-17(16-10-14(2)19(24)22(3)12-16)13-23(21-18)11-15-8-6-5-7-9-15/h5-10,12-13H,4,11H2,1-3H3. The quantitative estimate of drug-likeness (QED) is 0.663. The first kappa shape index (κ1) is 17.7. The molecule has 0 amide bonds. The van der Waals surface area contributed by atoms with Crippen LogP contribution in [0.3, 0.4) is 0 Å². The van der Waals surface area contributed by atoms with Gasteiger partial charge in [0.2, 0.25) is 0 Å². The van der Waals surface area contributed by atoms with Crippen LogP contribution in [-0.4, -0.2) is 26.9 Å². The first-order chi connectivity index (χ1) is 12.5. The number of carbonyl (C=O) groups is 1. The summed E-state index contributed by atoms with van der Waals surface area (Å²) in [6.07, 6.45) is 3.53. The molecular weight excluding hydrogens is 330 g/mol. The predicted molar refractivity (Wildman–Crippen MR) is 99.1 cm³/mol. The maximum Gasteiger partial charge on any atom is 0.359 e. The topological polar surface area (TPSA) is 66.1 Å². The highest BCUT2D eigenvalue weighted by atomic mass is 16.5. The Morgan fingerprint density at radius 1 is 1.19 bits per heavy atom. The van der Waals surface area contributed by atoms with Crippen LogP contribution in [0.5, 0.6) is 0 Å². The second-order valence-electron chi connectivity index (χ2n) is 6.12. The second kappa shape index (κ2) is 7.39. The van der Waals surface area contributed by atoms with E-state index >= 15 is 0 Å². The van der Waals surface area contributed by atoms with Gasteiger partial charge in [0.15, 0.2) is 5.69 Å². The summed E-state index contributed by atoms with van der Waals surface area (Å²) in [5.41, 5.74) is 3.28. The van der Waals surface area contributed by atoms with Gasteiger partial charge in [-0.3, -0.25) is 9.48 Å². The van der Waals surface area contributed by atoms with E-state index in [0.29, 0.717) is 17.7 Å². The Balaban J connectivity index is 2.07. The first-order valence-electron chi connectivity index (χ1n) is 8.45. The number of ether oxygens (including phenoxy) is 1. The van der Waals surface area contributed by atoms with Crippen LogP contribution >= 0.6 is 0 Å². The normalized spacial score (nSPS) is 10.7. The van der Waals surface area contributed by atoms with E-state index in [9.17, 15) is 9.59 Å². The highest BCUT2D eigenvalue weighted by Gasteiger charge is 2.20. The van der Waals surface area contributed by atoms with E-state index in [1.165, 1.54) is 4.57 Å². The molecule has 134 valence electrons. The largest absolute Gasteiger partial charge is 0.461 e. The second-order valence-corrected chi connectivity index (χ2v) is 6.12. The van der Waals surface area contributed by atoms with Gasteiger partial charge in [-0.25, -0.2) is 4.79 Å². The molecular formula is C20H21N3O3. The molecule has 6 nitrogen and oxygen atoms in total. The summed E-state index contributed by atoms with van der Waals surface area (Å²) in [6.45, 7) is 4.33. The molecule has 2 aromatic heterocycles. The molecule has 3 rings (SSSR count). The maximum absolute atomic E-state index is 12.4. The highest BCUT2D eigenvalue weighted by Crippen LogP contribution is 2.24. The van der Waals surface area contributed by atoms with Crippen molar-refractivity contribution in [1.82, 2.24) is 14.3 Å². The molecule has 6 heteroatoms. The van der Waals surface area contributed by atoms with Crippen LogP contribution in [0.25, 0.3) is 11.1 Å². The molecule has 0 fully saturated rings. The molecule has 0 bridgehead atoms. The molecule has 0 atom stereocenters. The van der Waals surface area contributed by atoms with Gasteiger partial charge in [-0.05, 0) is 25.5 Å². The number of carbonyl (C=O) groups excluding carboxylic acids is 1. The lowest BCUT2D eigenvalue weighted by atomic mass is 10.1. The van der Waals surface area contributed by atoms with Gasteiger partial charge < -0.3 is 9.30 Å². The number of benzene rings is 1. The third kappa shape index (κ3) is 3.59. The average Bonchev–Trinajstić information content (AvgIpc) is 3.04. The molecule has 0 saturated heterocycles. The van der Waals surface area contributed by atoms with E-state index < -0.39 is 5.97 Å². The molecule has 2 heterocycles. The summed E-state index contributed by atoms with van der Waals surface area (Å²) in [5.74, 6) is -0.471. The number of hydrogen-bond donors (Lipinski definition) is 0. The monoisotopic (exact) mass is 351 g/mol. The Hall–Kier alpha value is -3.15. The summed E-state index contributed by atoms with van der Waals surface area (Å²) in [5, 5.41) is 4.44. The fraction of sp³-hybridized carbons (Fsp3) is 0.250. The lowest BCUT2D eigenvalue weighted by molar-refractivity contribution is 0.0519. The summed E-state index contributed by atoms with van der Waals surface area (Å²) in [7, 11) is 1.69. The number of aryl methyl sites for hydroxylation is 2. The van der Waals surface area contributed by atoms with E-state index in [-0.39, 0.29) is 17.9 Å². The SMILES string of the molecule is CCOC(=O)c1nn(Cc2ccccc2)cc1-c1cc(C)c(=O)n(C)c1. The van der Waals surface area contributed by atoms with Crippen molar-refractivity contribution >= 4 is 5.97 Å². The van der Waals surface area contributed by atoms with Crippen molar-refractivity contribution in [1.29, 1.82) is 0 Å². The van der Waals surface area contributed by atoms with Crippen molar-refractivity contribution in [2.24, 2.45) is 7.05 Å². The minimum absolute atomic E-state index is 0.0666. The highest BCUT2D eigenvalue weighted by molar-refractivity contribution is 5.95. The van der Waals surface area contributed by atoms with Crippen molar-refractivity contribution in [3.63, 3.8) is 0 Å². The van der Waals surface area contributed by atoms with Gasteiger partial charge in [-0.1, -0.05) is 30.3 Å². The Morgan fingerprint density at radius 3 is 2.58 bits per heavy atom. The Bertz CT molecular complexity index is 961. The zero-order chi connectivity index (χ0) is 18.7. The molecule has 0 aliphatic carbocycles. The van der Waals surface area contributed by atoms with Crippen molar-refractivity contribution in [2.45, 2.75) is 20.4 Å². The predicted octanol–water partition coefficient (Wildman–Crippen LogP) is 2.78. The van der Waals surface area contributed by atoms with Gasteiger partial charge >= 0.3 is 5.97 Å². The van der Waals surface area contributed by atoms with E-state index in [4.69, 9.17) is 4.74 Å². The van der Waals surface area contributed by atoms with Crippen molar-refractivity contribution in [3.05, 3.63) is 76.0 Å². The van der Waals surface area contributed by atoms with Crippen LogP contribution in [0.1, 0.15) is 28.5 Å². The van der Waals surface area contributed by atoms with E-state index in [0.717, 1.165) is 11.1 Å². The van der Waals surface area contributed by atoms with Gasteiger partial charge in [-0.2, -0.15) is 5.10 Å². The number of nitrogens with zero attached hydrogens (tertiary/aromatic N) is 3. The van der Waals surface area contributed by atoms with Crippen LogP contribution in [-0.2, 0) is 18.3 Å². The van der Waals surface area contributed by atoms with Crippen LogP contribution in [0.15, 0.2) is 53.6 Å². The minimum atomic E-state index is -0.471. The van der Waals surface area contributed by atoms with Crippen molar-refractivity contribution in [2.75, 3.05) is 6.61 Å². The van der Waals surface area contributed by atoms with Gasteiger partial charge in [0.1, 0.15) is 0 Å². The molecule has 0 radical (unpaired) electrons. The number of hydrogen-bond acceptors (Lipinski definition) is 4. The third-order valence-corrected chi connectivity index (χ3v) is 4.09. The van der Waals surface area contributed by atoms with Crippen LogP contribution < -0.4 is 5.56 Å². The Labute approximate surface area is 151 Å². The molecule has 3 aromatic rings. The first-order valence-corrected chi connectivity index (χ1v) is 8.45. The van der Waals surface area contributed by atoms with Crippen LogP contribution in [0, 0.1) is 6.92 Å². The van der Waals surface area contributed by atoms with Crippen molar-refractivity contribution < 1.29 is 9.53 Å². The van der Waals surface area contributed by atoms with E-state index in [1.807, 2.05) is 36.5 Å². The number of rotatable bonds is 5. The summed E-state index contributed by atoms with van der Waals surface area (Å²) in [4.78, 5) is 24.3. The molecule has 0 aliphatic rings. The van der Waals surface area contributed by atoms with Gasteiger partial charge in [0.05, 0.1) is 13.2 Å². The van der Waals surface area contributed by atoms with E-state index in [2.05, 4.69) is 5.10 Å². The molecule has 0 N–H and O–H groups in total. The number of pyridine rings is 1. The molecule has 0 spiro atoms. The fourth-order valence-electron chi connectivity index (χ4n) is 2.86. The third-order valence-electron chi connectivity index (χ3n) is 4.09. The Morgan fingerprint density at radius 2 is 1.92 bits per heavy atom.